The molecule has 0 bridgehead atoms. The first-order valence-electron chi connectivity index (χ1n) is 7.80. The van der Waals surface area contributed by atoms with Crippen LogP contribution in [0, 0.1) is 0 Å². The maximum atomic E-state index is 10.1. The van der Waals surface area contributed by atoms with Gasteiger partial charge < -0.3 is 5.11 Å². The Hall–Kier alpha value is -2.04. The van der Waals surface area contributed by atoms with Gasteiger partial charge >= 0.3 is 5.16 Å². The average Bonchev–Trinajstić information content (AvgIpc) is 2.88. The third-order valence-electron chi connectivity index (χ3n) is 4.24. The molecule has 116 valence electrons. The Morgan fingerprint density at radius 2 is 1.61 bits per heavy atom. The molecule has 0 amide bonds. The van der Waals surface area contributed by atoms with E-state index in [2.05, 4.69) is 64.7 Å². The van der Waals surface area contributed by atoms with Gasteiger partial charge in [0.15, 0.2) is 11.4 Å². The molecule has 4 rings (SSSR count). The van der Waals surface area contributed by atoms with Gasteiger partial charge in [0.25, 0.3) is 0 Å². The van der Waals surface area contributed by atoms with E-state index in [4.69, 9.17) is 0 Å². The molecular formula is C19H19N2OS+. The van der Waals surface area contributed by atoms with Gasteiger partial charge in [0.05, 0.1) is 7.05 Å². The van der Waals surface area contributed by atoms with Crippen LogP contribution in [0.3, 0.4) is 0 Å². The lowest BCUT2D eigenvalue weighted by Crippen LogP contribution is -2.35. The Bertz CT molecular complexity index is 828. The zero-order valence-corrected chi connectivity index (χ0v) is 13.8. The number of aromatic nitrogens is 2. The standard InChI is InChI=1S/C19H19N2OS/c1-20-17(14-8-4-2-5-9-14)18(15-10-6-3-7-11-15)21-12-16(22)13-23-19(20)21/h2-11,16,22H,12-13H2,1H3/q+1. The van der Waals surface area contributed by atoms with Gasteiger partial charge in [-0.25, -0.2) is 9.13 Å². The van der Waals surface area contributed by atoms with Crippen LogP contribution in [-0.2, 0) is 13.6 Å². The summed E-state index contributed by atoms with van der Waals surface area (Å²) in [5.74, 6) is 0.750. The van der Waals surface area contributed by atoms with Crippen molar-refractivity contribution in [2.45, 2.75) is 17.8 Å². The van der Waals surface area contributed by atoms with Gasteiger partial charge in [-0.1, -0.05) is 60.7 Å². The van der Waals surface area contributed by atoms with Crippen LogP contribution in [0.4, 0.5) is 0 Å². The largest absolute Gasteiger partial charge is 0.388 e. The lowest BCUT2D eigenvalue weighted by atomic mass is 10.0. The summed E-state index contributed by atoms with van der Waals surface area (Å²) in [4.78, 5) is 0. The number of nitrogens with zero attached hydrogens (tertiary/aromatic N) is 2. The second kappa shape index (κ2) is 5.87. The summed E-state index contributed by atoms with van der Waals surface area (Å²) in [5.41, 5.74) is 4.77. The Morgan fingerprint density at radius 3 is 2.26 bits per heavy atom. The van der Waals surface area contributed by atoms with E-state index >= 15 is 0 Å². The van der Waals surface area contributed by atoms with Gasteiger partial charge in [-0.3, -0.25) is 0 Å². The Labute approximate surface area is 140 Å². The molecule has 0 radical (unpaired) electrons. The number of benzene rings is 2. The highest BCUT2D eigenvalue weighted by Crippen LogP contribution is 2.36. The summed E-state index contributed by atoms with van der Waals surface area (Å²) in [6.07, 6.45) is -0.300. The molecule has 1 N–H and O–H groups in total. The van der Waals surface area contributed by atoms with E-state index in [0.29, 0.717) is 6.54 Å². The van der Waals surface area contributed by atoms with Gasteiger partial charge in [-0.15, -0.1) is 0 Å². The highest BCUT2D eigenvalue weighted by Gasteiger charge is 2.35. The van der Waals surface area contributed by atoms with Crippen molar-refractivity contribution in [3.63, 3.8) is 0 Å². The molecule has 2 aromatic carbocycles. The van der Waals surface area contributed by atoms with Crippen LogP contribution in [0.25, 0.3) is 22.5 Å². The molecule has 1 aliphatic rings. The monoisotopic (exact) mass is 323 g/mol. The van der Waals surface area contributed by atoms with E-state index in [0.717, 1.165) is 5.75 Å². The molecule has 3 aromatic rings. The number of rotatable bonds is 2. The Morgan fingerprint density at radius 1 is 1.00 bits per heavy atom. The van der Waals surface area contributed by atoms with Crippen molar-refractivity contribution in [1.29, 1.82) is 0 Å². The second-order valence-electron chi connectivity index (χ2n) is 5.85. The number of aliphatic hydroxyl groups excluding tert-OH is 1. The van der Waals surface area contributed by atoms with Crippen LogP contribution < -0.4 is 4.57 Å². The first-order chi connectivity index (χ1) is 11.3. The Balaban J connectivity index is 2.02. The minimum absolute atomic E-state index is 0.300. The van der Waals surface area contributed by atoms with Crippen LogP contribution in [0.5, 0.6) is 0 Å². The smallest absolute Gasteiger partial charge is 0.318 e. The number of thioether (sulfide) groups is 1. The van der Waals surface area contributed by atoms with Crippen molar-refractivity contribution >= 4 is 11.8 Å². The molecule has 4 heteroatoms. The van der Waals surface area contributed by atoms with Crippen LogP contribution >= 0.6 is 11.8 Å². The molecule has 2 heterocycles. The van der Waals surface area contributed by atoms with Crippen molar-refractivity contribution in [2.75, 3.05) is 5.75 Å². The number of hydrogen-bond donors (Lipinski definition) is 1. The fraction of sp³-hybridized carbons (Fsp3) is 0.211. The summed E-state index contributed by atoms with van der Waals surface area (Å²) >= 11 is 1.72. The highest BCUT2D eigenvalue weighted by molar-refractivity contribution is 7.99. The minimum atomic E-state index is -0.300. The van der Waals surface area contributed by atoms with Crippen LogP contribution in [0.2, 0.25) is 0 Å². The quantitative estimate of drug-likeness (QED) is 0.734. The highest BCUT2D eigenvalue weighted by atomic mass is 32.2. The van der Waals surface area contributed by atoms with Gasteiger partial charge in [0, 0.05) is 16.9 Å². The van der Waals surface area contributed by atoms with E-state index < -0.39 is 0 Å². The fourth-order valence-corrected chi connectivity index (χ4v) is 4.31. The predicted molar refractivity (Wildman–Crippen MR) is 93.2 cm³/mol. The van der Waals surface area contributed by atoms with E-state index in [1.165, 1.54) is 27.7 Å². The number of hydrogen-bond acceptors (Lipinski definition) is 2. The molecule has 0 saturated carbocycles. The number of fused-ring (bicyclic) bond motifs is 1. The van der Waals surface area contributed by atoms with Crippen molar-refractivity contribution in [2.24, 2.45) is 7.05 Å². The maximum Gasteiger partial charge on any atom is 0.318 e. The lowest BCUT2D eigenvalue weighted by Gasteiger charge is -2.15. The van der Waals surface area contributed by atoms with Crippen molar-refractivity contribution < 1.29 is 9.67 Å². The zero-order chi connectivity index (χ0) is 15.8. The minimum Gasteiger partial charge on any atom is -0.388 e. The van der Waals surface area contributed by atoms with Crippen LogP contribution in [-0.4, -0.2) is 21.5 Å². The van der Waals surface area contributed by atoms with Gasteiger partial charge in [0.1, 0.15) is 12.6 Å². The van der Waals surface area contributed by atoms with Crippen molar-refractivity contribution in [3.8, 4) is 22.5 Å². The molecule has 3 nitrogen and oxygen atoms in total. The van der Waals surface area contributed by atoms with Gasteiger partial charge in [0.2, 0.25) is 0 Å². The molecule has 0 aliphatic carbocycles. The van der Waals surface area contributed by atoms with Crippen LogP contribution in [0.1, 0.15) is 0 Å². The number of aliphatic hydroxyl groups is 1. The van der Waals surface area contributed by atoms with E-state index in [1.54, 1.807) is 11.8 Å². The fourth-order valence-electron chi connectivity index (χ4n) is 3.25. The molecule has 23 heavy (non-hydrogen) atoms. The summed E-state index contributed by atoms with van der Waals surface area (Å²) in [6, 6.07) is 20.9. The first-order valence-corrected chi connectivity index (χ1v) is 8.78. The average molecular weight is 323 g/mol. The third kappa shape index (κ3) is 2.48. The Kier molecular flexibility index (Phi) is 3.71. The molecule has 0 spiro atoms. The molecule has 1 aliphatic heterocycles. The normalized spacial score (nSPS) is 17.0. The number of imidazole rings is 1. The van der Waals surface area contributed by atoms with E-state index in [9.17, 15) is 5.11 Å². The molecule has 0 saturated heterocycles. The second-order valence-corrected chi connectivity index (χ2v) is 6.83. The molecule has 1 unspecified atom stereocenters. The van der Waals surface area contributed by atoms with Gasteiger partial charge in [-0.05, 0) is 11.8 Å². The zero-order valence-electron chi connectivity index (χ0n) is 13.0. The molecule has 1 aromatic heterocycles. The topological polar surface area (TPSA) is 29.0 Å². The first kappa shape index (κ1) is 14.5. The summed E-state index contributed by atoms with van der Waals surface area (Å²) in [7, 11) is 2.12. The lowest BCUT2D eigenvalue weighted by molar-refractivity contribution is -0.699. The predicted octanol–water partition coefficient (Wildman–Crippen LogP) is 3.11. The van der Waals surface area contributed by atoms with E-state index in [-0.39, 0.29) is 6.10 Å². The van der Waals surface area contributed by atoms with Crippen molar-refractivity contribution in [1.82, 2.24) is 4.57 Å². The molecule has 1 atom stereocenters. The van der Waals surface area contributed by atoms with Crippen molar-refractivity contribution in [3.05, 3.63) is 60.7 Å². The van der Waals surface area contributed by atoms with Gasteiger partial charge in [-0.2, -0.15) is 0 Å². The molecular weight excluding hydrogens is 304 g/mol. The summed E-state index contributed by atoms with van der Waals surface area (Å²) in [5, 5.41) is 11.3. The van der Waals surface area contributed by atoms with E-state index in [1.807, 2.05) is 12.1 Å². The van der Waals surface area contributed by atoms with Crippen LogP contribution in [0.15, 0.2) is 65.8 Å². The summed E-state index contributed by atoms with van der Waals surface area (Å²) in [6.45, 7) is 0.646. The molecule has 0 fully saturated rings. The summed E-state index contributed by atoms with van der Waals surface area (Å²) < 4.78 is 4.52. The third-order valence-corrected chi connectivity index (χ3v) is 5.54. The SMILES string of the molecule is C[n+]1c(-c2ccccc2)c(-c2ccccc2)n2c1SCC(O)C2. The maximum absolute atomic E-state index is 10.1.